The van der Waals surface area contributed by atoms with E-state index < -0.39 is 27.7 Å². The number of methoxy groups -OCH3 is 1. The zero-order valence-corrected chi connectivity index (χ0v) is 24.9. The predicted octanol–water partition coefficient (Wildman–Crippen LogP) is 4.77. The number of ether oxygens (including phenoxy) is 1. The third-order valence-electron chi connectivity index (χ3n) is 7.88. The fourth-order valence-electron chi connectivity index (χ4n) is 5.76. The van der Waals surface area contributed by atoms with Crippen LogP contribution in [0.15, 0.2) is 96.2 Å². The number of aromatic nitrogens is 2. The van der Waals surface area contributed by atoms with Crippen LogP contribution in [0, 0.1) is 18.3 Å². The van der Waals surface area contributed by atoms with Gasteiger partial charge in [-0.05, 0) is 60.9 Å². The number of nitrogens with zero attached hydrogens (tertiary/aromatic N) is 4. The molecule has 9 nitrogen and oxygen atoms in total. The van der Waals surface area contributed by atoms with Gasteiger partial charge in [0.2, 0.25) is 0 Å². The number of aryl methyl sites for hydroxylation is 1. The van der Waals surface area contributed by atoms with Crippen molar-refractivity contribution in [2.75, 3.05) is 18.6 Å². The van der Waals surface area contributed by atoms with Gasteiger partial charge in [-0.3, -0.25) is 14.5 Å². The number of benzene rings is 3. The average molecular weight is 605 g/mol. The lowest BCUT2D eigenvalue weighted by atomic mass is 9.86. The molecule has 2 aliphatic rings. The van der Waals surface area contributed by atoms with Crippen molar-refractivity contribution < 1.29 is 22.7 Å². The average Bonchev–Trinajstić information content (AvgIpc) is 3.61. The topological polar surface area (TPSA) is 122 Å². The van der Waals surface area contributed by atoms with Crippen LogP contribution in [0.1, 0.15) is 23.1 Å². The Morgan fingerprint density at radius 3 is 2.30 bits per heavy atom. The van der Waals surface area contributed by atoms with Gasteiger partial charge in [-0.1, -0.05) is 48.5 Å². The van der Waals surface area contributed by atoms with Gasteiger partial charge in [0, 0.05) is 22.9 Å². The van der Waals surface area contributed by atoms with Gasteiger partial charge in [-0.25, -0.2) is 13.1 Å². The Kier molecular flexibility index (Phi) is 7.49. The number of nitriles is 1. The molecule has 0 aliphatic carbocycles. The van der Waals surface area contributed by atoms with Crippen molar-refractivity contribution >= 4 is 33.3 Å². The first-order valence-corrected chi connectivity index (χ1v) is 15.8. The van der Waals surface area contributed by atoms with Crippen molar-refractivity contribution in [1.29, 1.82) is 5.26 Å². The van der Waals surface area contributed by atoms with E-state index in [-0.39, 0.29) is 34.6 Å². The van der Waals surface area contributed by atoms with Gasteiger partial charge in [0.1, 0.15) is 17.4 Å². The van der Waals surface area contributed by atoms with Crippen LogP contribution in [0.25, 0.3) is 28.6 Å². The van der Waals surface area contributed by atoms with Crippen LogP contribution >= 0.6 is 0 Å². The lowest BCUT2D eigenvalue weighted by Crippen LogP contribution is -2.49. The molecule has 1 unspecified atom stereocenters. The second kappa shape index (κ2) is 11.4. The second-order valence-electron chi connectivity index (χ2n) is 10.7. The summed E-state index contributed by atoms with van der Waals surface area (Å²) in [5.74, 6) is -1.19. The molecule has 0 spiro atoms. The Morgan fingerprint density at radius 1 is 0.977 bits per heavy atom. The summed E-state index contributed by atoms with van der Waals surface area (Å²) < 4.78 is 31.9. The molecule has 3 aromatic carbocycles. The number of imide groups is 1. The Morgan fingerprint density at radius 2 is 1.68 bits per heavy atom. The van der Waals surface area contributed by atoms with Crippen molar-refractivity contribution in [1.82, 2.24) is 14.7 Å². The Labute approximate surface area is 255 Å². The molecule has 1 atom stereocenters. The number of carbonyl (C=O) groups is 2. The SMILES string of the molecule is COc1ccc(-c2nn(-c3ccccc3)cc2/C=C2\C(=O)N(C3CCS(=O)(=O)C3)C(=O)C(C#N)=C2c2ccccc2)cc1C. The van der Waals surface area contributed by atoms with Crippen LogP contribution in [-0.4, -0.2) is 59.6 Å². The maximum atomic E-state index is 14.3. The zero-order chi connectivity index (χ0) is 31.0. The van der Waals surface area contributed by atoms with Gasteiger partial charge in [-0.15, -0.1) is 0 Å². The number of carbonyl (C=O) groups excluding carboxylic acids is 2. The molecule has 2 aliphatic heterocycles. The number of hydrogen-bond acceptors (Lipinski definition) is 7. The number of amides is 2. The predicted molar refractivity (Wildman–Crippen MR) is 166 cm³/mol. The molecule has 1 saturated heterocycles. The molecule has 0 radical (unpaired) electrons. The van der Waals surface area contributed by atoms with E-state index >= 15 is 0 Å². The van der Waals surface area contributed by atoms with E-state index in [1.54, 1.807) is 54.4 Å². The minimum atomic E-state index is -3.43. The standard InChI is InChI=1S/C34H28N4O5S/c1-22-17-24(13-14-30(22)43-2)32-25(20-37(36-32)26-11-7-4-8-12-26)18-28-31(23-9-5-3-6-10-23)29(19-35)34(40)38(33(28)39)27-15-16-44(41,42)21-27/h3-14,17-18,20,27H,15-16,21H2,1-2H3/b28-18-. The quantitative estimate of drug-likeness (QED) is 0.229. The molecule has 3 heterocycles. The lowest BCUT2D eigenvalue weighted by Gasteiger charge is -2.32. The Balaban J connectivity index is 1.60. The molecule has 1 aromatic heterocycles. The monoisotopic (exact) mass is 604 g/mol. The van der Waals surface area contributed by atoms with E-state index in [0.717, 1.165) is 21.7 Å². The van der Waals surface area contributed by atoms with E-state index in [9.17, 15) is 23.3 Å². The van der Waals surface area contributed by atoms with Crippen LogP contribution in [0.4, 0.5) is 0 Å². The molecular weight excluding hydrogens is 576 g/mol. The smallest absolute Gasteiger partial charge is 0.272 e. The third kappa shape index (κ3) is 5.23. The molecule has 1 fully saturated rings. The van der Waals surface area contributed by atoms with Crippen LogP contribution in [0.2, 0.25) is 0 Å². The fourth-order valence-corrected chi connectivity index (χ4v) is 7.46. The number of sulfone groups is 1. The van der Waals surface area contributed by atoms with Gasteiger partial charge >= 0.3 is 0 Å². The summed E-state index contributed by atoms with van der Waals surface area (Å²) in [5.41, 5.74) is 4.20. The minimum absolute atomic E-state index is 0.107. The normalized spacial score (nSPS) is 19.0. The van der Waals surface area contributed by atoms with Crippen molar-refractivity contribution in [2.45, 2.75) is 19.4 Å². The highest BCUT2D eigenvalue weighted by atomic mass is 32.2. The van der Waals surface area contributed by atoms with Crippen molar-refractivity contribution in [3.05, 3.63) is 113 Å². The second-order valence-corrected chi connectivity index (χ2v) is 12.9. The van der Waals surface area contributed by atoms with E-state index in [0.29, 0.717) is 22.6 Å². The highest BCUT2D eigenvalue weighted by Crippen LogP contribution is 2.38. The van der Waals surface area contributed by atoms with E-state index in [1.807, 2.05) is 61.5 Å². The summed E-state index contributed by atoms with van der Waals surface area (Å²) >= 11 is 0. The van der Waals surface area contributed by atoms with Gasteiger partial charge in [-0.2, -0.15) is 10.4 Å². The van der Waals surface area contributed by atoms with Crippen LogP contribution < -0.4 is 4.74 Å². The molecule has 2 amide bonds. The van der Waals surface area contributed by atoms with Gasteiger partial charge < -0.3 is 4.74 Å². The number of hydrogen-bond donors (Lipinski definition) is 0. The third-order valence-corrected chi connectivity index (χ3v) is 9.63. The van der Waals surface area contributed by atoms with Crippen LogP contribution in [-0.2, 0) is 19.4 Å². The largest absolute Gasteiger partial charge is 0.496 e. The first-order chi connectivity index (χ1) is 21.2. The summed E-state index contributed by atoms with van der Waals surface area (Å²) in [4.78, 5) is 29.0. The van der Waals surface area contributed by atoms with Crippen molar-refractivity contribution in [2.24, 2.45) is 0 Å². The van der Waals surface area contributed by atoms with Crippen molar-refractivity contribution in [3.63, 3.8) is 0 Å². The molecule has 44 heavy (non-hydrogen) atoms. The number of para-hydroxylation sites is 1. The first kappa shape index (κ1) is 28.8. The fraction of sp³-hybridized carbons (Fsp3) is 0.176. The van der Waals surface area contributed by atoms with E-state index in [1.165, 1.54) is 0 Å². The summed E-state index contributed by atoms with van der Waals surface area (Å²) in [5, 5.41) is 15.1. The van der Waals surface area contributed by atoms with Gasteiger partial charge in [0.15, 0.2) is 9.84 Å². The highest BCUT2D eigenvalue weighted by Gasteiger charge is 2.45. The van der Waals surface area contributed by atoms with E-state index in [4.69, 9.17) is 9.84 Å². The molecular formula is C34H28N4O5S. The minimum Gasteiger partial charge on any atom is -0.496 e. The summed E-state index contributed by atoms with van der Waals surface area (Å²) in [6, 6.07) is 25.1. The summed E-state index contributed by atoms with van der Waals surface area (Å²) in [6.45, 7) is 1.92. The van der Waals surface area contributed by atoms with Crippen molar-refractivity contribution in [3.8, 4) is 28.8 Å². The van der Waals surface area contributed by atoms with Crippen LogP contribution in [0.3, 0.4) is 0 Å². The lowest BCUT2D eigenvalue weighted by molar-refractivity contribution is -0.142. The summed E-state index contributed by atoms with van der Waals surface area (Å²) in [7, 11) is -1.83. The molecule has 0 N–H and O–H groups in total. The molecule has 10 heteroatoms. The Bertz CT molecular complexity index is 2010. The molecule has 220 valence electrons. The van der Waals surface area contributed by atoms with E-state index in [2.05, 4.69) is 0 Å². The first-order valence-electron chi connectivity index (χ1n) is 14.0. The molecule has 6 rings (SSSR count). The van der Waals surface area contributed by atoms with Gasteiger partial charge in [0.05, 0.1) is 41.6 Å². The van der Waals surface area contributed by atoms with Crippen LogP contribution in [0.5, 0.6) is 5.75 Å². The summed E-state index contributed by atoms with van der Waals surface area (Å²) in [6.07, 6.45) is 3.56. The highest BCUT2D eigenvalue weighted by molar-refractivity contribution is 7.91. The Hall–Kier alpha value is -5.27. The molecule has 0 bridgehead atoms. The molecule has 0 saturated carbocycles. The maximum absolute atomic E-state index is 14.3. The molecule has 4 aromatic rings. The van der Waals surface area contributed by atoms with Gasteiger partial charge in [0.25, 0.3) is 11.8 Å². The zero-order valence-electron chi connectivity index (χ0n) is 24.1. The maximum Gasteiger partial charge on any atom is 0.272 e. The number of rotatable bonds is 6.